The summed E-state index contributed by atoms with van der Waals surface area (Å²) in [6.07, 6.45) is 0. The number of hydrogen-bond donors (Lipinski definition) is 0. The second kappa shape index (κ2) is 5.89. The summed E-state index contributed by atoms with van der Waals surface area (Å²) in [4.78, 5) is 0. The molecular formula is C25H18O. The van der Waals surface area contributed by atoms with Gasteiger partial charge in [-0.3, -0.25) is 0 Å². The van der Waals surface area contributed by atoms with Crippen molar-refractivity contribution in [3.8, 4) is 22.3 Å². The second-order valence-corrected chi connectivity index (χ2v) is 6.67. The summed E-state index contributed by atoms with van der Waals surface area (Å²) in [6.45, 7) is 2.17. The van der Waals surface area contributed by atoms with Gasteiger partial charge in [0, 0.05) is 10.8 Å². The molecule has 124 valence electrons. The highest BCUT2D eigenvalue weighted by Crippen LogP contribution is 2.38. The van der Waals surface area contributed by atoms with Gasteiger partial charge >= 0.3 is 0 Å². The normalized spacial score (nSPS) is 11.3. The molecule has 1 heterocycles. The third-order valence-corrected chi connectivity index (χ3v) is 5.04. The first-order valence-corrected chi connectivity index (χ1v) is 8.88. The number of benzene rings is 4. The topological polar surface area (TPSA) is 13.1 Å². The maximum Gasteiger partial charge on any atom is 0.136 e. The molecule has 0 radical (unpaired) electrons. The highest BCUT2D eigenvalue weighted by molar-refractivity contribution is 6.12. The molecule has 0 aliphatic rings. The Hall–Kier alpha value is -3.32. The van der Waals surface area contributed by atoms with Gasteiger partial charge in [0.25, 0.3) is 0 Å². The van der Waals surface area contributed by atoms with E-state index in [0.717, 1.165) is 11.2 Å². The van der Waals surface area contributed by atoms with Gasteiger partial charge in [-0.1, -0.05) is 72.8 Å². The minimum atomic E-state index is 0.937. The van der Waals surface area contributed by atoms with Crippen LogP contribution in [0.15, 0.2) is 95.4 Å². The standard InChI is InChI=1S/C25H18O/c1-17-14-15-19(18-8-3-2-4-9-18)16-22(17)20-11-7-13-24-25(20)21-10-5-6-12-23(21)26-24/h2-16H,1H3. The van der Waals surface area contributed by atoms with E-state index in [-0.39, 0.29) is 0 Å². The van der Waals surface area contributed by atoms with E-state index in [9.17, 15) is 0 Å². The SMILES string of the molecule is Cc1ccc(-c2ccccc2)cc1-c1cccc2oc3ccccc3c12. The molecule has 0 spiro atoms. The summed E-state index contributed by atoms with van der Waals surface area (Å²) in [5.74, 6) is 0. The van der Waals surface area contributed by atoms with E-state index >= 15 is 0 Å². The highest BCUT2D eigenvalue weighted by Gasteiger charge is 2.14. The Morgan fingerprint density at radius 1 is 0.577 bits per heavy atom. The fourth-order valence-corrected chi connectivity index (χ4v) is 3.72. The summed E-state index contributed by atoms with van der Waals surface area (Å²) in [7, 11) is 0. The molecule has 0 aliphatic carbocycles. The summed E-state index contributed by atoms with van der Waals surface area (Å²) in [5.41, 5.74) is 8.09. The van der Waals surface area contributed by atoms with Crippen LogP contribution >= 0.6 is 0 Å². The Morgan fingerprint density at radius 3 is 2.23 bits per heavy atom. The van der Waals surface area contributed by atoms with Crippen molar-refractivity contribution in [3.05, 3.63) is 96.6 Å². The van der Waals surface area contributed by atoms with Gasteiger partial charge in [0.15, 0.2) is 0 Å². The van der Waals surface area contributed by atoms with E-state index in [1.54, 1.807) is 0 Å². The van der Waals surface area contributed by atoms with Gasteiger partial charge in [-0.15, -0.1) is 0 Å². The maximum atomic E-state index is 6.07. The van der Waals surface area contributed by atoms with Gasteiger partial charge in [0.05, 0.1) is 0 Å². The summed E-state index contributed by atoms with van der Waals surface area (Å²) < 4.78 is 6.07. The van der Waals surface area contributed by atoms with Crippen molar-refractivity contribution in [1.82, 2.24) is 0 Å². The molecule has 0 N–H and O–H groups in total. The number of rotatable bonds is 2. The lowest BCUT2D eigenvalue weighted by molar-refractivity contribution is 0.669. The van der Waals surface area contributed by atoms with Crippen molar-refractivity contribution < 1.29 is 4.42 Å². The molecule has 0 amide bonds. The van der Waals surface area contributed by atoms with Gasteiger partial charge in [0.2, 0.25) is 0 Å². The molecule has 26 heavy (non-hydrogen) atoms. The third kappa shape index (κ3) is 2.33. The quantitative estimate of drug-likeness (QED) is 0.332. The first-order valence-electron chi connectivity index (χ1n) is 8.88. The summed E-state index contributed by atoms with van der Waals surface area (Å²) in [6, 6.07) is 31.8. The number of aryl methyl sites for hydroxylation is 1. The fraction of sp³-hybridized carbons (Fsp3) is 0.0400. The first-order chi connectivity index (χ1) is 12.8. The fourth-order valence-electron chi connectivity index (χ4n) is 3.72. The first kappa shape index (κ1) is 15.0. The minimum Gasteiger partial charge on any atom is -0.456 e. The van der Waals surface area contributed by atoms with E-state index in [4.69, 9.17) is 4.42 Å². The van der Waals surface area contributed by atoms with Gasteiger partial charge in [-0.25, -0.2) is 0 Å². The third-order valence-electron chi connectivity index (χ3n) is 5.04. The monoisotopic (exact) mass is 334 g/mol. The van der Waals surface area contributed by atoms with Crippen LogP contribution in [0.1, 0.15) is 5.56 Å². The predicted octanol–water partition coefficient (Wildman–Crippen LogP) is 7.23. The van der Waals surface area contributed by atoms with Crippen LogP contribution in [0.3, 0.4) is 0 Å². The van der Waals surface area contributed by atoms with Crippen LogP contribution in [0.4, 0.5) is 0 Å². The Bertz CT molecular complexity index is 1230. The van der Waals surface area contributed by atoms with Crippen molar-refractivity contribution in [3.63, 3.8) is 0 Å². The van der Waals surface area contributed by atoms with E-state index in [2.05, 4.69) is 85.8 Å². The molecule has 1 nitrogen and oxygen atoms in total. The van der Waals surface area contributed by atoms with Crippen LogP contribution in [0, 0.1) is 6.92 Å². The van der Waals surface area contributed by atoms with Gasteiger partial charge in [-0.05, 0) is 52.9 Å². The smallest absolute Gasteiger partial charge is 0.136 e. The average Bonchev–Trinajstić information content (AvgIpc) is 3.08. The maximum absolute atomic E-state index is 6.07. The molecule has 1 heteroatoms. The van der Waals surface area contributed by atoms with Crippen molar-refractivity contribution in [1.29, 1.82) is 0 Å². The van der Waals surface area contributed by atoms with Crippen LogP contribution in [-0.4, -0.2) is 0 Å². The molecule has 0 aliphatic heterocycles. The van der Waals surface area contributed by atoms with Gasteiger partial charge < -0.3 is 4.42 Å². The molecule has 0 bridgehead atoms. The molecule has 0 saturated carbocycles. The van der Waals surface area contributed by atoms with Crippen molar-refractivity contribution >= 4 is 21.9 Å². The van der Waals surface area contributed by atoms with Crippen molar-refractivity contribution in [2.45, 2.75) is 6.92 Å². The molecule has 5 rings (SSSR count). The number of para-hydroxylation sites is 1. The van der Waals surface area contributed by atoms with Crippen LogP contribution < -0.4 is 0 Å². The Morgan fingerprint density at radius 2 is 1.35 bits per heavy atom. The zero-order valence-corrected chi connectivity index (χ0v) is 14.6. The number of furan rings is 1. The van der Waals surface area contributed by atoms with E-state index in [1.807, 2.05) is 12.1 Å². The molecule has 0 saturated heterocycles. The number of hydrogen-bond acceptors (Lipinski definition) is 1. The molecule has 0 unspecified atom stereocenters. The second-order valence-electron chi connectivity index (χ2n) is 6.67. The van der Waals surface area contributed by atoms with Gasteiger partial charge in [0.1, 0.15) is 11.2 Å². The summed E-state index contributed by atoms with van der Waals surface area (Å²) in [5, 5.41) is 2.36. The predicted molar refractivity (Wildman–Crippen MR) is 109 cm³/mol. The average molecular weight is 334 g/mol. The zero-order chi connectivity index (χ0) is 17.5. The zero-order valence-electron chi connectivity index (χ0n) is 14.6. The summed E-state index contributed by atoms with van der Waals surface area (Å²) >= 11 is 0. The Kier molecular flexibility index (Phi) is 3.39. The van der Waals surface area contributed by atoms with Crippen molar-refractivity contribution in [2.24, 2.45) is 0 Å². The molecule has 5 aromatic rings. The Balaban J connectivity index is 1.81. The highest BCUT2D eigenvalue weighted by atomic mass is 16.3. The van der Waals surface area contributed by atoms with Gasteiger partial charge in [-0.2, -0.15) is 0 Å². The minimum absolute atomic E-state index is 0.937. The van der Waals surface area contributed by atoms with Crippen LogP contribution in [0.2, 0.25) is 0 Å². The van der Waals surface area contributed by atoms with Crippen LogP contribution in [0.5, 0.6) is 0 Å². The van der Waals surface area contributed by atoms with Crippen LogP contribution in [-0.2, 0) is 0 Å². The number of fused-ring (bicyclic) bond motifs is 3. The largest absolute Gasteiger partial charge is 0.456 e. The van der Waals surface area contributed by atoms with Crippen LogP contribution in [0.25, 0.3) is 44.2 Å². The molecular weight excluding hydrogens is 316 g/mol. The molecule has 0 fully saturated rings. The van der Waals surface area contributed by atoms with E-state index in [1.165, 1.54) is 38.6 Å². The van der Waals surface area contributed by atoms with E-state index < -0.39 is 0 Å². The van der Waals surface area contributed by atoms with Crippen molar-refractivity contribution in [2.75, 3.05) is 0 Å². The lowest BCUT2D eigenvalue weighted by atomic mass is 9.92. The molecule has 1 aromatic heterocycles. The molecule has 4 aromatic carbocycles. The lowest BCUT2D eigenvalue weighted by Crippen LogP contribution is -1.87. The Labute approximate surface area is 152 Å². The lowest BCUT2D eigenvalue weighted by Gasteiger charge is -2.11. The van der Waals surface area contributed by atoms with E-state index in [0.29, 0.717) is 0 Å². The molecule has 0 atom stereocenters.